The lowest BCUT2D eigenvalue weighted by atomic mass is 9.44. The molecule has 0 heterocycles. The van der Waals surface area contributed by atoms with E-state index in [1.54, 1.807) is 12.3 Å². The van der Waals surface area contributed by atoms with Gasteiger partial charge < -0.3 is 10.2 Å². The number of hydrogen-bond acceptors (Lipinski definition) is 3. The van der Waals surface area contributed by atoms with E-state index in [0.717, 1.165) is 41.5 Å². The second kappa shape index (κ2) is 7.87. The average Bonchev–Trinajstić information content (AvgIpc) is 3.01. The van der Waals surface area contributed by atoms with Crippen molar-refractivity contribution in [2.45, 2.75) is 83.7 Å². The van der Waals surface area contributed by atoms with Crippen LogP contribution in [0.5, 0.6) is 5.75 Å². The second-order valence-corrected chi connectivity index (χ2v) is 12.5. The smallest absolute Gasteiger partial charge is 0.124 e. The predicted octanol–water partition coefficient (Wildman–Crippen LogP) is 6.74. The Morgan fingerprint density at radius 3 is 2.68 bits per heavy atom. The molecule has 0 saturated heterocycles. The van der Waals surface area contributed by atoms with E-state index >= 15 is 0 Å². The molecule has 1 aromatic rings. The first kappa shape index (κ1) is 21.9. The molecule has 2 N–H and O–H groups in total. The standard InChI is InChI=1S/C27H38BrNO2/c1-25-12-4-3-5-19(25)6-8-21-22(25)10-13-26(2)23(21)11-14-27(26,31)17-29-16-18-15-20(28)7-9-24(18)30/h7,9,15-16,19,21-23,30-31H,3-6,8,10-14,17H2,1-2H3/t19-,21+,22+,23-,25+,26-,27+/m1/s1. The number of nitrogens with zero attached hydrogens (tertiary/aromatic N) is 1. The monoisotopic (exact) mass is 487 g/mol. The molecule has 0 radical (unpaired) electrons. The molecule has 0 amide bonds. The summed E-state index contributed by atoms with van der Waals surface area (Å²) in [5.41, 5.74) is 0.470. The van der Waals surface area contributed by atoms with Crippen LogP contribution in [0.2, 0.25) is 0 Å². The lowest BCUT2D eigenvalue weighted by Crippen LogP contribution is -2.56. The molecule has 0 aliphatic heterocycles. The van der Waals surface area contributed by atoms with Crippen molar-refractivity contribution in [3.63, 3.8) is 0 Å². The summed E-state index contributed by atoms with van der Waals surface area (Å²) in [6.07, 6.45) is 14.7. The number of phenolic OH excluding ortho intramolecular Hbond substituents is 1. The highest BCUT2D eigenvalue weighted by atomic mass is 79.9. The SMILES string of the molecule is C[C@]12CCCC[C@@H]1CC[C@@H]1[C@H]3CC[C@](O)(CN=Cc4cc(Br)ccc4O)[C@]3(C)CC[C@@H]12. The lowest BCUT2D eigenvalue weighted by Gasteiger charge is -2.61. The second-order valence-electron chi connectivity index (χ2n) is 11.6. The van der Waals surface area contributed by atoms with Gasteiger partial charge in [0.15, 0.2) is 0 Å². The summed E-state index contributed by atoms with van der Waals surface area (Å²) in [5.74, 6) is 3.44. The molecule has 0 unspecified atom stereocenters. The molecule has 0 spiro atoms. The first-order valence-electron chi connectivity index (χ1n) is 12.5. The van der Waals surface area contributed by atoms with Gasteiger partial charge in [-0.2, -0.15) is 0 Å². The number of aliphatic imine (C=N–C) groups is 1. The number of halogens is 1. The Morgan fingerprint density at radius 2 is 1.84 bits per heavy atom. The number of aromatic hydroxyl groups is 1. The third-order valence-corrected chi connectivity index (χ3v) is 11.0. The molecule has 4 aliphatic rings. The van der Waals surface area contributed by atoms with Crippen molar-refractivity contribution in [1.82, 2.24) is 0 Å². The number of aliphatic hydroxyl groups is 1. The molecule has 3 nitrogen and oxygen atoms in total. The summed E-state index contributed by atoms with van der Waals surface area (Å²) in [6.45, 7) is 5.41. The van der Waals surface area contributed by atoms with E-state index in [0.29, 0.717) is 23.4 Å². The van der Waals surface area contributed by atoms with E-state index in [4.69, 9.17) is 0 Å². The maximum atomic E-state index is 11.8. The Bertz CT molecular complexity index is 871. The van der Waals surface area contributed by atoms with E-state index in [1.165, 1.54) is 44.9 Å². The number of phenols is 1. The van der Waals surface area contributed by atoms with Crippen LogP contribution in [0.3, 0.4) is 0 Å². The van der Waals surface area contributed by atoms with E-state index < -0.39 is 5.60 Å². The highest BCUT2D eigenvalue weighted by Crippen LogP contribution is 2.68. The van der Waals surface area contributed by atoms with E-state index in [-0.39, 0.29) is 11.2 Å². The van der Waals surface area contributed by atoms with Crippen LogP contribution in [0.15, 0.2) is 27.7 Å². The fraction of sp³-hybridized carbons (Fsp3) is 0.741. The zero-order valence-corrected chi connectivity index (χ0v) is 20.7. The minimum Gasteiger partial charge on any atom is -0.507 e. The molecule has 5 rings (SSSR count). The molecule has 170 valence electrons. The number of rotatable bonds is 3. The molecule has 4 aliphatic carbocycles. The largest absolute Gasteiger partial charge is 0.507 e. The first-order chi connectivity index (χ1) is 14.8. The predicted molar refractivity (Wildman–Crippen MR) is 130 cm³/mol. The highest BCUT2D eigenvalue weighted by Gasteiger charge is 2.64. The summed E-state index contributed by atoms with van der Waals surface area (Å²) in [5, 5.41) is 22.0. The Labute approximate surface area is 195 Å². The third kappa shape index (κ3) is 3.42. The van der Waals surface area contributed by atoms with E-state index in [1.807, 2.05) is 12.1 Å². The molecular formula is C27H38BrNO2. The summed E-state index contributed by atoms with van der Waals surface area (Å²) in [7, 11) is 0. The van der Waals surface area contributed by atoms with Gasteiger partial charge in [-0.25, -0.2) is 0 Å². The summed E-state index contributed by atoms with van der Waals surface area (Å²) < 4.78 is 0.920. The number of hydrogen-bond donors (Lipinski definition) is 2. The fourth-order valence-electron chi connectivity index (χ4n) is 8.59. The van der Waals surface area contributed by atoms with Gasteiger partial charge in [0.05, 0.1) is 12.1 Å². The average molecular weight is 489 g/mol. The van der Waals surface area contributed by atoms with Crippen molar-refractivity contribution in [1.29, 1.82) is 0 Å². The molecule has 4 heteroatoms. The van der Waals surface area contributed by atoms with E-state index in [2.05, 4.69) is 34.8 Å². The minimum atomic E-state index is -0.731. The maximum Gasteiger partial charge on any atom is 0.124 e. The van der Waals surface area contributed by atoms with Crippen molar-refractivity contribution in [2.24, 2.45) is 39.5 Å². The van der Waals surface area contributed by atoms with Crippen LogP contribution in [0.25, 0.3) is 0 Å². The van der Waals surface area contributed by atoms with Gasteiger partial charge in [0, 0.05) is 21.7 Å². The van der Waals surface area contributed by atoms with Crippen molar-refractivity contribution in [3.8, 4) is 5.75 Å². The van der Waals surface area contributed by atoms with Gasteiger partial charge in [-0.3, -0.25) is 4.99 Å². The maximum absolute atomic E-state index is 11.8. The fourth-order valence-corrected chi connectivity index (χ4v) is 8.97. The van der Waals surface area contributed by atoms with Crippen LogP contribution in [0, 0.1) is 34.5 Å². The number of fused-ring (bicyclic) bond motifs is 5. The van der Waals surface area contributed by atoms with Gasteiger partial charge in [-0.05, 0) is 98.7 Å². The van der Waals surface area contributed by atoms with Gasteiger partial charge in [-0.1, -0.05) is 42.6 Å². The van der Waals surface area contributed by atoms with Gasteiger partial charge in [0.2, 0.25) is 0 Å². The van der Waals surface area contributed by atoms with E-state index in [9.17, 15) is 10.2 Å². The van der Waals surface area contributed by atoms with Crippen molar-refractivity contribution in [2.75, 3.05) is 6.54 Å². The molecule has 4 saturated carbocycles. The van der Waals surface area contributed by atoms with Gasteiger partial charge in [0.25, 0.3) is 0 Å². The normalized spacial score (nSPS) is 44.6. The summed E-state index contributed by atoms with van der Waals surface area (Å²) in [6, 6.07) is 5.37. The molecule has 0 aromatic heterocycles. The molecule has 31 heavy (non-hydrogen) atoms. The van der Waals surface area contributed by atoms with Crippen LogP contribution in [-0.4, -0.2) is 28.6 Å². The highest BCUT2D eigenvalue weighted by molar-refractivity contribution is 9.10. The first-order valence-corrected chi connectivity index (χ1v) is 13.3. The Hall–Kier alpha value is -0.870. The van der Waals surface area contributed by atoms with Crippen molar-refractivity contribution >= 4 is 22.1 Å². The Kier molecular flexibility index (Phi) is 5.57. The molecule has 4 fully saturated rings. The quantitative estimate of drug-likeness (QED) is 0.463. The van der Waals surface area contributed by atoms with Gasteiger partial charge >= 0.3 is 0 Å². The minimum absolute atomic E-state index is 0.0390. The topological polar surface area (TPSA) is 52.8 Å². The zero-order valence-electron chi connectivity index (χ0n) is 19.1. The zero-order chi connectivity index (χ0) is 21.9. The molecular weight excluding hydrogens is 450 g/mol. The summed E-state index contributed by atoms with van der Waals surface area (Å²) in [4.78, 5) is 4.66. The van der Waals surface area contributed by atoms with Crippen molar-refractivity contribution in [3.05, 3.63) is 28.2 Å². The van der Waals surface area contributed by atoms with Crippen LogP contribution in [0.1, 0.15) is 83.6 Å². The van der Waals surface area contributed by atoms with Gasteiger partial charge in [0.1, 0.15) is 5.75 Å². The van der Waals surface area contributed by atoms with Crippen LogP contribution < -0.4 is 0 Å². The number of benzene rings is 1. The van der Waals surface area contributed by atoms with Crippen LogP contribution in [0.4, 0.5) is 0 Å². The Balaban J connectivity index is 1.35. The molecule has 1 aromatic carbocycles. The third-order valence-electron chi connectivity index (χ3n) is 10.5. The summed E-state index contributed by atoms with van der Waals surface area (Å²) >= 11 is 3.46. The molecule has 7 atom stereocenters. The Morgan fingerprint density at radius 1 is 1.03 bits per heavy atom. The van der Waals surface area contributed by atoms with Gasteiger partial charge in [-0.15, -0.1) is 0 Å². The lowest BCUT2D eigenvalue weighted by molar-refractivity contribution is -0.147. The van der Waals surface area contributed by atoms with Crippen LogP contribution >= 0.6 is 15.9 Å². The van der Waals surface area contributed by atoms with Crippen molar-refractivity contribution < 1.29 is 10.2 Å². The van der Waals surface area contributed by atoms with Crippen LogP contribution in [-0.2, 0) is 0 Å². The molecule has 0 bridgehead atoms.